The van der Waals surface area contributed by atoms with E-state index in [1.807, 2.05) is 54.6 Å². The molecule has 2 heterocycles. The number of thioether (sulfide) groups is 1. The molecule has 2 amide bonds. The monoisotopic (exact) mass is 458 g/mol. The predicted molar refractivity (Wildman–Crippen MR) is 127 cm³/mol. The van der Waals surface area contributed by atoms with Crippen LogP contribution in [-0.2, 0) is 16.1 Å². The highest BCUT2D eigenvalue weighted by Gasteiger charge is 2.42. The first-order chi connectivity index (χ1) is 16.1. The van der Waals surface area contributed by atoms with Crippen molar-refractivity contribution in [3.63, 3.8) is 0 Å². The highest BCUT2D eigenvalue weighted by Crippen LogP contribution is 2.37. The molecule has 8 heteroatoms. The summed E-state index contributed by atoms with van der Waals surface area (Å²) in [6, 6.07) is 22.2. The number of rotatable bonds is 5. The van der Waals surface area contributed by atoms with E-state index in [0.717, 1.165) is 16.7 Å². The maximum atomic E-state index is 13.3. The van der Waals surface area contributed by atoms with Gasteiger partial charge in [0.2, 0.25) is 5.91 Å². The minimum atomic E-state index is -0.648. The molecule has 1 unspecified atom stereocenters. The summed E-state index contributed by atoms with van der Waals surface area (Å²) in [5.41, 5.74) is 3.11. The Labute approximate surface area is 194 Å². The van der Waals surface area contributed by atoms with Crippen LogP contribution in [0.2, 0.25) is 0 Å². The van der Waals surface area contributed by atoms with E-state index in [1.54, 1.807) is 12.1 Å². The molecule has 5 rings (SSSR count). The van der Waals surface area contributed by atoms with Gasteiger partial charge in [0.1, 0.15) is 11.7 Å². The number of amidine groups is 2. The maximum Gasteiger partial charge on any atom is 0.263 e. The van der Waals surface area contributed by atoms with Crippen molar-refractivity contribution in [2.75, 3.05) is 5.75 Å². The molecule has 3 aromatic rings. The number of hydrogen-bond acceptors (Lipinski definition) is 5. The standard InChI is InChI=1S/C25H19FN4O2S/c26-18-12-10-16(11-13-18)14-27-21(31)15-33-25-28-20-9-5-4-8-19(20)23-29-22(24(32)30(23)25)17-6-2-1-3-7-17/h1-13,22H,14-15H2,(H,27,31). The van der Waals surface area contributed by atoms with Crippen molar-refractivity contribution in [1.29, 1.82) is 0 Å². The highest BCUT2D eigenvalue weighted by molar-refractivity contribution is 8.14. The first-order valence-electron chi connectivity index (χ1n) is 10.4. The SMILES string of the molecule is O=C(CSC1=Nc2ccccc2C2=NC(c3ccccc3)C(=O)N12)NCc1ccc(F)cc1. The molecule has 2 aliphatic rings. The first kappa shape index (κ1) is 21.1. The summed E-state index contributed by atoms with van der Waals surface area (Å²) in [7, 11) is 0. The summed E-state index contributed by atoms with van der Waals surface area (Å²) >= 11 is 1.19. The van der Waals surface area contributed by atoms with Crippen LogP contribution >= 0.6 is 11.8 Å². The van der Waals surface area contributed by atoms with Gasteiger partial charge < -0.3 is 5.32 Å². The van der Waals surface area contributed by atoms with Crippen molar-refractivity contribution >= 4 is 40.3 Å². The second kappa shape index (κ2) is 8.99. The van der Waals surface area contributed by atoms with E-state index in [2.05, 4.69) is 10.3 Å². The third-order valence-corrected chi connectivity index (χ3v) is 6.26. The number of benzene rings is 3. The fourth-order valence-electron chi connectivity index (χ4n) is 3.68. The molecule has 0 aliphatic carbocycles. The largest absolute Gasteiger partial charge is 0.351 e. The average Bonchev–Trinajstić information content (AvgIpc) is 3.20. The lowest BCUT2D eigenvalue weighted by molar-refractivity contribution is -0.124. The smallest absolute Gasteiger partial charge is 0.263 e. The molecule has 3 aromatic carbocycles. The summed E-state index contributed by atoms with van der Waals surface area (Å²) < 4.78 is 13.0. The number of nitrogens with zero attached hydrogens (tertiary/aromatic N) is 3. The number of para-hydroxylation sites is 1. The van der Waals surface area contributed by atoms with Crippen LogP contribution in [0, 0.1) is 5.82 Å². The molecular weight excluding hydrogens is 439 g/mol. The van der Waals surface area contributed by atoms with Crippen LogP contribution in [0.4, 0.5) is 10.1 Å². The fourth-order valence-corrected chi connectivity index (χ4v) is 4.51. The Morgan fingerprint density at radius 2 is 1.73 bits per heavy atom. The van der Waals surface area contributed by atoms with E-state index in [1.165, 1.54) is 28.8 Å². The zero-order valence-electron chi connectivity index (χ0n) is 17.4. The molecule has 2 aliphatic heterocycles. The molecule has 0 saturated carbocycles. The van der Waals surface area contributed by atoms with Gasteiger partial charge in [-0.05, 0) is 35.4 Å². The molecule has 164 valence electrons. The number of hydrogen-bond donors (Lipinski definition) is 1. The highest BCUT2D eigenvalue weighted by atomic mass is 32.2. The molecule has 1 N–H and O–H groups in total. The van der Waals surface area contributed by atoms with Crippen molar-refractivity contribution in [2.45, 2.75) is 12.6 Å². The number of fused-ring (bicyclic) bond motifs is 3. The Hall–Kier alpha value is -3.78. The molecular formula is C25H19FN4O2S. The van der Waals surface area contributed by atoms with E-state index >= 15 is 0 Å². The van der Waals surface area contributed by atoms with Crippen LogP contribution < -0.4 is 5.32 Å². The lowest BCUT2D eigenvalue weighted by Crippen LogP contribution is -2.40. The summed E-state index contributed by atoms with van der Waals surface area (Å²) in [5.74, 6) is -0.0966. The quantitative estimate of drug-likeness (QED) is 0.623. The molecule has 0 spiro atoms. The third-order valence-electron chi connectivity index (χ3n) is 5.32. The summed E-state index contributed by atoms with van der Waals surface area (Å²) in [6.07, 6.45) is 0. The first-order valence-corrected chi connectivity index (χ1v) is 11.4. The lowest BCUT2D eigenvalue weighted by Gasteiger charge is -2.25. The molecule has 0 aromatic heterocycles. The minimum Gasteiger partial charge on any atom is -0.351 e. The Kier molecular flexibility index (Phi) is 5.75. The van der Waals surface area contributed by atoms with Gasteiger partial charge in [-0.1, -0.05) is 66.4 Å². The zero-order valence-corrected chi connectivity index (χ0v) is 18.3. The van der Waals surface area contributed by atoms with Crippen LogP contribution in [0.25, 0.3) is 0 Å². The van der Waals surface area contributed by atoms with Crippen molar-refractivity contribution in [2.24, 2.45) is 9.98 Å². The van der Waals surface area contributed by atoms with Gasteiger partial charge >= 0.3 is 0 Å². The molecule has 0 saturated heterocycles. The second-order valence-corrected chi connectivity index (χ2v) is 8.49. The summed E-state index contributed by atoms with van der Waals surface area (Å²) in [6.45, 7) is 0.292. The van der Waals surface area contributed by atoms with E-state index in [4.69, 9.17) is 4.99 Å². The van der Waals surface area contributed by atoms with Gasteiger partial charge in [-0.2, -0.15) is 0 Å². The van der Waals surface area contributed by atoms with Crippen LogP contribution in [-0.4, -0.2) is 33.5 Å². The molecule has 0 radical (unpaired) electrons. The van der Waals surface area contributed by atoms with Crippen molar-refractivity contribution in [3.8, 4) is 0 Å². The van der Waals surface area contributed by atoms with Crippen LogP contribution in [0.15, 0.2) is 88.8 Å². The van der Waals surface area contributed by atoms with Crippen molar-refractivity contribution in [1.82, 2.24) is 10.2 Å². The number of amides is 2. The Morgan fingerprint density at radius 1 is 1.00 bits per heavy atom. The topological polar surface area (TPSA) is 74.1 Å². The van der Waals surface area contributed by atoms with Crippen molar-refractivity contribution < 1.29 is 14.0 Å². The van der Waals surface area contributed by atoms with Gasteiger partial charge in [-0.3, -0.25) is 9.59 Å². The Balaban J connectivity index is 1.34. The number of aliphatic imine (C=N–C) groups is 2. The molecule has 0 fully saturated rings. The zero-order chi connectivity index (χ0) is 22.8. The van der Waals surface area contributed by atoms with Crippen LogP contribution in [0.3, 0.4) is 0 Å². The molecule has 6 nitrogen and oxygen atoms in total. The van der Waals surface area contributed by atoms with Crippen LogP contribution in [0.1, 0.15) is 22.7 Å². The normalized spacial score (nSPS) is 16.6. The third kappa shape index (κ3) is 4.29. The van der Waals surface area contributed by atoms with Gasteiger partial charge in [-0.25, -0.2) is 19.3 Å². The van der Waals surface area contributed by atoms with Gasteiger partial charge in [0.25, 0.3) is 5.91 Å². The Morgan fingerprint density at radius 3 is 2.52 bits per heavy atom. The van der Waals surface area contributed by atoms with E-state index in [9.17, 15) is 14.0 Å². The van der Waals surface area contributed by atoms with Gasteiger partial charge in [0.15, 0.2) is 11.2 Å². The number of carbonyl (C=O) groups excluding carboxylic acids is 2. The number of carbonyl (C=O) groups is 2. The maximum absolute atomic E-state index is 13.3. The minimum absolute atomic E-state index is 0.0786. The van der Waals surface area contributed by atoms with E-state index in [-0.39, 0.29) is 23.4 Å². The lowest BCUT2D eigenvalue weighted by atomic mass is 10.1. The summed E-state index contributed by atoms with van der Waals surface area (Å²) in [4.78, 5) is 36.7. The van der Waals surface area contributed by atoms with Gasteiger partial charge in [0.05, 0.1) is 11.4 Å². The van der Waals surface area contributed by atoms with Gasteiger partial charge in [-0.15, -0.1) is 0 Å². The fraction of sp³-hybridized carbons (Fsp3) is 0.120. The number of halogens is 1. The van der Waals surface area contributed by atoms with Gasteiger partial charge in [0, 0.05) is 12.1 Å². The van der Waals surface area contributed by atoms with Crippen molar-refractivity contribution in [3.05, 3.63) is 101 Å². The average molecular weight is 459 g/mol. The van der Waals surface area contributed by atoms with E-state index in [0.29, 0.717) is 23.2 Å². The molecule has 33 heavy (non-hydrogen) atoms. The molecule has 1 atom stereocenters. The second-order valence-electron chi connectivity index (χ2n) is 7.54. The predicted octanol–water partition coefficient (Wildman–Crippen LogP) is 4.21. The molecule has 0 bridgehead atoms. The Bertz CT molecular complexity index is 1280. The van der Waals surface area contributed by atoms with Crippen LogP contribution in [0.5, 0.6) is 0 Å². The van der Waals surface area contributed by atoms with E-state index < -0.39 is 6.04 Å². The summed E-state index contributed by atoms with van der Waals surface area (Å²) in [5, 5.41) is 3.24. The number of nitrogens with one attached hydrogen (secondary N) is 1.